The van der Waals surface area contributed by atoms with Gasteiger partial charge in [-0.1, -0.05) is 13.8 Å². The summed E-state index contributed by atoms with van der Waals surface area (Å²) in [4.78, 5) is 13.5. The van der Waals surface area contributed by atoms with E-state index in [4.69, 9.17) is 42.6 Å². The van der Waals surface area contributed by atoms with Crippen LogP contribution in [0.15, 0.2) is 24.3 Å². The number of benzene rings is 2. The quantitative estimate of drug-likeness (QED) is 0.469. The van der Waals surface area contributed by atoms with Gasteiger partial charge in [-0.15, -0.1) is 0 Å². The topological polar surface area (TPSA) is 100 Å². The molecule has 2 aromatic carbocycles. The molecule has 226 valence electrons. The van der Waals surface area contributed by atoms with Crippen LogP contribution in [-0.4, -0.2) is 65.0 Å². The molecule has 7 rings (SSSR count). The molecule has 0 saturated carbocycles. The number of cyclic esters (lactones) is 1. The largest absolute Gasteiger partial charge is 0.496 e. The first-order valence-electron chi connectivity index (χ1n) is 14.7. The molecule has 4 heterocycles. The summed E-state index contributed by atoms with van der Waals surface area (Å²) in [5.74, 6) is 1.53. The van der Waals surface area contributed by atoms with Crippen molar-refractivity contribution in [2.45, 2.75) is 64.5 Å². The maximum absolute atomic E-state index is 13.5. The second kappa shape index (κ2) is 10.6. The van der Waals surface area contributed by atoms with Crippen LogP contribution in [0.1, 0.15) is 55.0 Å². The molecule has 2 aromatic rings. The van der Waals surface area contributed by atoms with Crippen LogP contribution in [0.3, 0.4) is 0 Å². The highest BCUT2D eigenvalue weighted by molar-refractivity contribution is 5.79. The van der Waals surface area contributed by atoms with Crippen molar-refractivity contribution in [2.75, 3.05) is 34.2 Å². The second-order valence-electron chi connectivity index (χ2n) is 12.0. The first-order chi connectivity index (χ1) is 20.3. The van der Waals surface area contributed by atoms with Gasteiger partial charge in [0.25, 0.3) is 0 Å². The van der Waals surface area contributed by atoms with E-state index in [2.05, 4.69) is 13.8 Å². The minimum atomic E-state index is -0.530. The average Bonchev–Trinajstić information content (AvgIpc) is 3.61. The van der Waals surface area contributed by atoms with Crippen molar-refractivity contribution in [2.24, 2.45) is 23.7 Å². The van der Waals surface area contributed by atoms with E-state index in [9.17, 15) is 4.79 Å². The number of ether oxygens (including phenoxy) is 9. The molecule has 5 aliphatic rings. The van der Waals surface area contributed by atoms with Crippen LogP contribution in [0.25, 0.3) is 0 Å². The first kappa shape index (κ1) is 27.8. The molecule has 0 bridgehead atoms. The third-order valence-electron chi connectivity index (χ3n) is 9.83. The molecule has 0 amide bonds. The van der Waals surface area contributed by atoms with Crippen molar-refractivity contribution in [3.63, 3.8) is 0 Å². The van der Waals surface area contributed by atoms with E-state index in [1.165, 1.54) is 0 Å². The summed E-state index contributed by atoms with van der Waals surface area (Å²) in [5, 5.41) is 0. The van der Waals surface area contributed by atoms with Crippen molar-refractivity contribution in [1.29, 1.82) is 0 Å². The zero-order chi connectivity index (χ0) is 29.3. The SMILES string of the molecule is COc1cc([C@@H]2c3cc4c(cc3[C@@H](OC3OC5COC(C)OC5C(C)C3C)[C@H]3COC(=O)[C@H]23)OCO4)cc(OC)c1C. The van der Waals surface area contributed by atoms with Crippen molar-refractivity contribution in [3.05, 3.63) is 46.5 Å². The van der Waals surface area contributed by atoms with Crippen LogP contribution in [-0.2, 0) is 28.5 Å². The minimum absolute atomic E-state index is 0.0360. The number of carbonyl (C=O) groups is 1. The van der Waals surface area contributed by atoms with E-state index in [0.29, 0.717) is 29.6 Å². The van der Waals surface area contributed by atoms with Gasteiger partial charge in [-0.3, -0.25) is 4.79 Å². The fourth-order valence-electron chi connectivity index (χ4n) is 7.37. The number of rotatable bonds is 5. The highest BCUT2D eigenvalue weighted by atomic mass is 16.7. The lowest BCUT2D eigenvalue weighted by Crippen LogP contribution is -2.57. The lowest BCUT2D eigenvalue weighted by atomic mass is 9.66. The van der Waals surface area contributed by atoms with Gasteiger partial charge in [0.1, 0.15) is 17.6 Å². The van der Waals surface area contributed by atoms with Gasteiger partial charge >= 0.3 is 5.97 Å². The second-order valence-corrected chi connectivity index (χ2v) is 12.0. The van der Waals surface area contributed by atoms with Crippen LogP contribution < -0.4 is 18.9 Å². The summed E-state index contributed by atoms with van der Waals surface area (Å²) in [7, 11) is 3.27. The summed E-state index contributed by atoms with van der Waals surface area (Å²) in [6.45, 7) is 8.97. The average molecular weight is 583 g/mol. The van der Waals surface area contributed by atoms with E-state index in [1.807, 2.05) is 38.1 Å². The van der Waals surface area contributed by atoms with Gasteiger partial charge in [0.15, 0.2) is 24.1 Å². The van der Waals surface area contributed by atoms with Crippen LogP contribution in [0.4, 0.5) is 0 Å². The number of hydrogen-bond acceptors (Lipinski definition) is 10. The van der Waals surface area contributed by atoms with Crippen LogP contribution in [0.2, 0.25) is 0 Å². The Labute approximate surface area is 245 Å². The lowest BCUT2D eigenvalue weighted by Gasteiger charge is -2.49. The Balaban J connectivity index is 1.32. The number of methoxy groups -OCH3 is 2. The van der Waals surface area contributed by atoms with E-state index >= 15 is 0 Å². The molecule has 10 heteroatoms. The van der Waals surface area contributed by atoms with Gasteiger partial charge in [-0.2, -0.15) is 0 Å². The monoisotopic (exact) mass is 582 g/mol. The normalized spacial score (nSPS) is 36.5. The highest BCUT2D eigenvalue weighted by Gasteiger charge is 2.55. The van der Waals surface area contributed by atoms with Crippen molar-refractivity contribution < 1.29 is 47.4 Å². The third kappa shape index (κ3) is 4.34. The summed E-state index contributed by atoms with van der Waals surface area (Å²) < 4.78 is 54.1. The fraction of sp³-hybridized carbons (Fsp3) is 0.594. The van der Waals surface area contributed by atoms with Gasteiger partial charge in [0.05, 0.1) is 45.6 Å². The van der Waals surface area contributed by atoms with E-state index in [0.717, 1.165) is 22.3 Å². The van der Waals surface area contributed by atoms with Crippen LogP contribution >= 0.6 is 0 Å². The first-order valence-corrected chi connectivity index (χ1v) is 14.7. The molecule has 6 unspecified atom stereocenters. The zero-order valence-electron chi connectivity index (χ0n) is 24.8. The molecule has 0 spiro atoms. The summed E-state index contributed by atoms with van der Waals surface area (Å²) in [5.41, 5.74) is 3.63. The predicted molar refractivity (Wildman–Crippen MR) is 148 cm³/mol. The van der Waals surface area contributed by atoms with Gasteiger partial charge in [-0.25, -0.2) is 0 Å². The number of esters is 1. The van der Waals surface area contributed by atoms with Gasteiger partial charge in [0.2, 0.25) is 6.79 Å². The van der Waals surface area contributed by atoms with E-state index < -0.39 is 18.3 Å². The Hall–Kier alpha value is -3.05. The van der Waals surface area contributed by atoms with E-state index in [1.54, 1.807) is 14.2 Å². The van der Waals surface area contributed by atoms with Crippen molar-refractivity contribution in [3.8, 4) is 23.0 Å². The molecule has 10 nitrogen and oxygen atoms in total. The summed E-state index contributed by atoms with van der Waals surface area (Å²) in [6, 6.07) is 7.94. The lowest BCUT2D eigenvalue weighted by molar-refractivity contribution is -0.345. The maximum atomic E-state index is 13.5. The Bertz CT molecular complexity index is 1350. The number of carbonyl (C=O) groups excluding carboxylic acids is 1. The van der Waals surface area contributed by atoms with E-state index in [-0.39, 0.29) is 61.5 Å². The van der Waals surface area contributed by atoms with Crippen LogP contribution in [0, 0.1) is 30.6 Å². The Morgan fingerprint density at radius 2 is 1.52 bits per heavy atom. The highest BCUT2D eigenvalue weighted by Crippen LogP contribution is 2.57. The fourth-order valence-corrected chi connectivity index (χ4v) is 7.37. The Morgan fingerprint density at radius 3 is 2.21 bits per heavy atom. The predicted octanol–water partition coefficient (Wildman–Crippen LogP) is 4.49. The van der Waals surface area contributed by atoms with Gasteiger partial charge in [-0.05, 0) is 60.7 Å². The molecular weight excluding hydrogens is 544 g/mol. The Morgan fingerprint density at radius 1 is 0.833 bits per heavy atom. The smallest absolute Gasteiger partial charge is 0.310 e. The van der Waals surface area contributed by atoms with Gasteiger partial charge in [0, 0.05) is 23.3 Å². The molecule has 10 atom stereocenters. The maximum Gasteiger partial charge on any atom is 0.310 e. The zero-order valence-corrected chi connectivity index (χ0v) is 24.8. The molecule has 3 saturated heterocycles. The van der Waals surface area contributed by atoms with Crippen molar-refractivity contribution in [1.82, 2.24) is 0 Å². The molecule has 1 aliphatic carbocycles. The van der Waals surface area contributed by atoms with Gasteiger partial charge < -0.3 is 42.6 Å². The molecular formula is C32H38O10. The standard InChI is InChI=1S/C32H38O10/c1-14-15(2)32(41-26-12-36-17(4)40-29(14)26)42-30-20-10-25-24(38-13-39-25)9-19(20)27(28-21(30)11-37-31(28)33)18-7-22(34-5)16(3)23(8-18)35-6/h7-10,14-15,17,21,26-30,32H,11-13H2,1-6H3/t14?,15?,17?,21-,26?,27+,28-,29?,30+,32?/m0/s1. The molecule has 0 aromatic heterocycles. The van der Waals surface area contributed by atoms with Crippen molar-refractivity contribution >= 4 is 5.97 Å². The number of fused-ring (bicyclic) bond motifs is 4. The minimum Gasteiger partial charge on any atom is -0.496 e. The summed E-state index contributed by atoms with van der Waals surface area (Å²) >= 11 is 0. The Kier molecular flexibility index (Phi) is 7.00. The molecule has 0 N–H and O–H groups in total. The molecule has 42 heavy (non-hydrogen) atoms. The summed E-state index contributed by atoms with van der Waals surface area (Å²) in [6.07, 6.45) is -1.59. The molecule has 3 fully saturated rings. The molecule has 4 aliphatic heterocycles. The third-order valence-corrected chi connectivity index (χ3v) is 9.83. The van der Waals surface area contributed by atoms with Crippen LogP contribution in [0.5, 0.6) is 23.0 Å². The molecule has 0 radical (unpaired) electrons. The number of hydrogen-bond donors (Lipinski definition) is 0.